The molecule has 1 aromatic heterocycles. The fourth-order valence-electron chi connectivity index (χ4n) is 1.33. The normalized spacial score (nSPS) is 10.4. The van der Waals surface area contributed by atoms with Gasteiger partial charge in [-0.15, -0.1) is 0 Å². The Kier molecular flexibility index (Phi) is 2.17. The third-order valence-corrected chi connectivity index (χ3v) is 2.37. The number of hydrogen-bond donors (Lipinski definition) is 1. The first-order valence-corrected chi connectivity index (χ1v) is 4.45. The molecule has 0 saturated carbocycles. The van der Waals surface area contributed by atoms with E-state index in [0.29, 0.717) is 10.6 Å². The second-order valence-electron chi connectivity index (χ2n) is 2.89. The molecule has 0 fully saturated rings. The molecule has 0 spiro atoms. The zero-order chi connectivity index (χ0) is 10.1. The molecule has 4 heteroatoms. The van der Waals surface area contributed by atoms with Crippen LogP contribution in [0.2, 0.25) is 5.02 Å². The van der Waals surface area contributed by atoms with E-state index in [9.17, 15) is 4.79 Å². The third-order valence-electron chi connectivity index (χ3n) is 2.05. The lowest BCUT2D eigenvalue weighted by atomic mass is 10.1. The molecular weight excluding hydrogens is 202 g/mol. The van der Waals surface area contributed by atoms with Crippen molar-refractivity contribution in [1.29, 1.82) is 0 Å². The minimum atomic E-state index is -0.357. The fraction of sp³-hybridized carbons (Fsp3) is 0.100. The van der Waals surface area contributed by atoms with Gasteiger partial charge in [0.2, 0.25) is 0 Å². The SMILES string of the molecule is COC(=O)c1ccc2[nH]cc(Cl)c2c1. The average molecular weight is 210 g/mol. The van der Waals surface area contributed by atoms with Crippen LogP contribution in [-0.2, 0) is 4.74 Å². The number of nitrogens with one attached hydrogen (secondary N) is 1. The highest BCUT2D eigenvalue weighted by Crippen LogP contribution is 2.23. The molecule has 0 unspecified atom stereocenters. The number of ether oxygens (including phenoxy) is 1. The molecule has 0 saturated heterocycles. The molecule has 0 bridgehead atoms. The van der Waals surface area contributed by atoms with Gasteiger partial charge in [0.05, 0.1) is 17.7 Å². The lowest BCUT2D eigenvalue weighted by molar-refractivity contribution is 0.0601. The summed E-state index contributed by atoms with van der Waals surface area (Å²) in [6, 6.07) is 5.20. The second kappa shape index (κ2) is 3.35. The number of hydrogen-bond acceptors (Lipinski definition) is 2. The van der Waals surface area contributed by atoms with Crippen molar-refractivity contribution in [2.75, 3.05) is 7.11 Å². The zero-order valence-electron chi connectivity index (χ0n) is 7.50. The number of esters is 1. The molecule has 72 valence electrons. The summed E-state index contributed by atoms with van der Waals surface area (Å²) >= 11 is 5.91. The molecule has 0 atom stereocenters. The van der Waals surface area contributed by atoms with Gasteiger partial charge in [0, 0.05) is 17.1 Å². The highest BCUT2D eigenvalue weighted by Gasteiger charge is 2.08. The van der Waals surface area contributed by atoms with Crippen LogP contribution >= 0.6 is 11.6 Å². The van der Waals surface area contributed by atoms with E-state index >= 15 is 0 Å². The summed E-state index contributed by atoms with van der Waals surface area (Å²) in [6.07, 6.45) is 1.69. The van der Waals surface area contributed by atoms with Gasteiger partial charge in [0.15, 0.2) is 0 Å². The first kappa shape index (κ1) is 9.09. The Morgan fingerprint density at radius 3 is 3.00 bits per heavy atom. The Labute approximate surface area is 85.6 Å². The van der Waals surface area contributed by atoms with Crippen molar-refractivity contribution < 1.29 is 9.53 Å². The van der Waals surface area contributed by atoms with Gasteiger partial charge < -0.3 is 9.72 Å². The molecule has 1 aromatic carbocycles. The zero-order valence-corrected chi connectivity index (χ0v) is 8.26. The molecule has 1 N–H and O–H groups in total. The summed E-state index contributed by atoms with van der Waals surface area (Å²) in [4.78, 5) is 14.2. The number of fused-ring (bicyclic) bond motifs is 1. The van der Waals surface area contributed by atoms with Gasteiger partial charge in [-0.05, 0) is 18.2 Å². The highest BCUT2D eigenvalue weighted by molar-refractivity contribution is 6.35. The summed E-state index contributed by atoms with van der Waals surface area (Å²) in [5, 5.41) is 1.43. The molecule has 1 heterocycles. The molecule has 14 heavy (non-hydrogen) atoms. The first-order valence-electron chi connectivity index (χ1n) is 4.07. The summed E-state index contributed by atoms with van der Waals surface area (Å²) in [5.74, 6) is -0.357. The van der Waals surface area contributed by atoms with Crippen molar-refractivity contribution in [2.45, 2.75) is 0 Å². The third kappa shape index (κ3) is 1.36. The van der Waals surface area contributed by atoms with E-state index in [2.05, 4.69) is 9.72 Å². The van der Waals surface area contributed by atoms with Crippen LogP contribution < -0.4 is 0 Å². The summed E-state index contributed by atoms with van der Waals surface area (Å²) in [6.45, 7) is 0. The van der Waals surface area contributed by atoms with E-state index in [0.717, 1.165) is 10.9 Å². The van der Waals surface area contributed by atoms with Crippen LogP contribution in [0.4, 0.5) is 0 Å². The minimum Gasteiger partial charge on any atom is -0.465 e. The molecule has 0 aliphatic heterocycles. The quantitative estimate of drug-likeness (QED) is 0.734. The Morgan fingerprint density at radius 1 is 1.50 bits per heavy atom. The molecule has 3 nitrogen and oxygen atoms in total. The van der Waals surface area contributed by atoms with Gasteiger partial charge >= 0.3 is 5.97 Å². The van der Waals surface area contributed by atoms with Crippen molar-refractivity contribution in [2.24, 2.45) is 0 Å². The number of rotatable bonds is 1. The molecule has 0 radical (unpaired) electrons. The molecule has 0 aliphatic carbocycles. The minimum absolute atomic E-state index is 0.357. The van der Waals surface area contributed by atoms with Gasteiger partial charge in [-0.25, -0.2) is 4.79 Å². The van der Waals surface area contributed by atoms with E-state index in [-0.39, 0.29) is 5.97 Å². The van der Waals surface area contributed by atoms with Crippen molar-refractivity contribution in [3.05, 3.63) is 35.0 Å². The Balaban J connectivity index is 2.60. The maximum atomic E-state index is 11.2. The summed E-state index contributed by atoms with van der Waals surface area (Å²) < 4.78 is 4.61. The average Bonchev–Trinajstić information content (AvgIpc) is 2.59. The standard InChI is InChI=1S/C10H8ClNO2/c1-14-10(13)6-2-3-9-7(4-6)8(11)5-12-9/h2-5,12H,1H3. The number of aromatic nitrogens is 1. The van der Waals surface area contributed by atoms with Crippen molar-refractivity contribution in [1.82, 2.24) is 4.98 Å². The monoisotopic (exact) mass is 209 g/mol. The number of H-pyrrole nitrogens is 1. The number of carbonyl (C=O) groups excluding carboxylic acids is 1. The van der Waals surface area contributed by atoms with Gasteiger partial charge in [-0.3, -0.25) is 0 Å². The van der Waals surface area contributed by atoms with Crippen LogP contribution in [0.5, 0.6) is 0 Å². The van der Waals surface area contributed by atoms with Crippen LogP contribution in [0.1, 0.15) is 10.4 Å². The first-order chi connectivity index (χ1) is 6.72. The number of halogens is 1. The molecular formula is C10H8ClNO2. The lowest BCUT2D eigenvalue weighted by Gasteiger charge is -1.98. The fourth-order valence-corrected chi connectivity index (χ4v) is 1.54. The van der Waals surface area contributed by atoms with Crippen molar-refractivity contribution in [3.8, 4) is 0 Å². The Hall–Kier alpha value is -1.48. The van der Waals surface area contributed by atoms with E-state index < -0.39 is 0 Å². The molecule has 0 aliphatic rings. The summed E-state index contributed by atoms with van der Waals surface area (Å²) in [7, 11) is 1.35. The van der Waals surface area contributed by atoms with Crippen LogP contribution in [0.15, 0.2) is 24.4 Å². The van der Waals surface area contributed by atoms with Crippen LogP contribution in [-0.4, -0.2) is 18.1 Å². The predicted octanol–water partition coefficient (Wildman–Crippen LogP) is 2.61. The van der Waals surface area contributed by atoms with Gasteiger partial charge in [-0.1, -0.05) is 11.6 Å². The van der Waals surface area contributed by atoms with Gasteiger partial charge in [0.25, 0.3) is 0 Å². The number of carbonyl (C=O) groups is 1. The van der Waals surface area contributed by atoms with E-state index in [1.54, 1.807) is 24.4 Å². The topological polar surface area (TPSA) is 42.1 Å². The van der Waals surface area contributed by atoms with Gasteiger partial charge in [-0.2, -0.15) is 0 Å². The number of methoxy groups -OCH3 is 1. The smallest absolute Gasteiger partial charge is 0.337 e. The van der Waals surface area contributed by atoms with Crippen LogP contribution in [0.25, 0.3) is 10.9 Å². The largest absolute Gasteiger partial charge is 0.465 e. The van der Waals surface area contributed by atoms with E-state index in [1.807, 2.05) is 0 Å². The maximum Gasteiger partial charge on any atom is 0.337 e. The molecule has 2 rings (SSSR count). The lowest BCUT2D eigenvalue weighted by Crippen LogP contribution is -2.00. The van der Waals surface area contributed by atoms with Crippen LogP contribution in [0.3, 0.4) is 0 Å². The Bertz CT molecular complexity index is 490. The van der Waals surface area contributed by atoms with Gasteiger partial charge in [0.1, 0.15) is 0 Å². The second-order valence-corrected chi connectivity index (χ2v) is 3.30. The van der Waals surface area contributed by atoms with Crippen molar-refractivity contribution >= 4 is 28.5 Å². The molecule has 2 aromatic rings. The number of aromatic amines is 1. The van der Waals surface area contributed by atoms with Crippen LogP contribution in [0, 0.1) is 0 Å². The van der Waals surface area contributed by atoms with Crippen molar-refractivity contribution in [3.63, 3.8) is 0 Å². The maximum absolute atomic E-state index is 11.2. The predicted molar refractivity (Wildman–Crippen MR) is 54.6 cm³/mol. The highest BCUT2D eigenvalue weighted by atomic mass is 35.5. The van der Waals surface area contributed by atoms with E-state index in [4.69, 9.17) is 11.6 Å². The molecule has 0 amide bonds. The van der Waals surface area contributed by atoms with E-state index in [1.165, 1.54) is 7.11 Å². The Morgan fingerprint density at radius 2 is 2.29 bits per heavy atom. The number of benzene rings is 1. The summed E-state index contributed by atoms with van der Waals surface area (Å²) in [5.41, 5.74) is 1.41.